The number of aryl methyl sites for hydroxylation is 1. The molecule has 1 aromatic carbocycles. The number of aromatic nitrogens is 1. The van der Waals surface area contributed by atoms with Crippen molar-refractivity contribution < 1.29 is 0 Å². The lowest BCUT2D eigenvalue weighted by Gasteiger charge is -2.18. The van der Waals surface area contributed by atoms with Crippen molar-refractivity contribution in [2.24, 2.45) is 0 Å². The van der Waals surface area contributed by atoms with Crippen LogP contribution in [-0.4, -0.2) is 18.6 Å². The second-order valence-electron chi connectivity index (χ2n) is 5.10. The summed E-state index contributed by atoms with van der Waals surface area (Å²) in [6, 6.07) is 12.7. The lowest BCUT2D eigenvalue weighted by molar-refractivity contribution is 0.674. The summed E-state index contributed by atoms with van der Waals surface area (Å²) < 4.78 is 0. The Morgan fingerprint density at radius 3 is 2.45 bits per heavy atom. The summed E-state index contributed by atoms with van der Waals surface area (Å²) in [5.74, 6) is 0.966. The van der Waals surface area contributed by atoms with Crippen LogP contribution in [0.25, 0.3) is 0 Å². The Balaban J connectivity index is 2.03. The van der Waals surface area contributed by atoms with E-state index in [1.54, 1.807) is 0 Å². The van der Waals surface area contributed by atoms with Crippen molar-refractivity contribution in [3.8, 4) is 0 Å². The zero-order valence-electron chi connectivity index (χ0n) is 12.6. The van der Waals surface area contributed by atoms with Crippen molar-refractivity contribution in [1.29, 1.82) is 0 Å². The lowest BCUT2D eigenvalue weighted by atomic mass is 10.2. The summed E-state index contributed by atoms with van der Waals surface area (Å²) >= 11 is 0. The zero-order chi connectivity index (χ0) is 14.4. The average Bonchev–Trinajstić information content (AvgIpc) is 2.48. The molecule has 0 aliphatic heterocycles. The first-order chi connectivity index (χ1) is 9.70. The van der Waals surface area contributed by atoms with E-state index in [-0.39, 0.29) is 0 Å². The van der Waals surface area contributed by atoms with Crippen LogP contribution >= 0.6 is 0 Å². The summed E-state index contributed by atoms with van der Waals surface area (Å²) in [6.45, 7) is 6.20. The number of hydrogen-bond donors (Lipinski definition) is 1. The highest BCUT2D eigenvalue weighted by atomic mass is 15.2. The molecule has 0 fully saturated rings. The zero-order valence-corrected chi connectivity index (χ0v) is 12.6. The second kappa shape index (κ2) is 7.06. The van der Waals surface area contributed by atoms with Gasteiger partial charge in [-0.25, -0.2) is 4.98 Å². The van der Waals surface area contributed by atoms with Crippen LogP contribution in [0.3, 0.4) is 0 Å². The first-order valence-electron chi connectivity index (χ1n) is 7.16. The number of anilines is 2. The third-order valence-corrected chi connectivity index (χ3v) is 3.33. The summed E-state index contributed by atoms with van der Waals surface area (Å²) in [6.07, 6.45) is 3.10. The molecule has 106 valence electrons. The fourth-order valence-electron chi connectivity index (χ4n) is 2.03. The van der Waals surface area contributed by atoms with Gasteiger partial charge in [-0.3, -0.25) is 0 Å². The van der Waals surface area contributed by atoms with Crippen LogP contribution in [0, 0.1) is 6.92 Å². The second-order valence-corrected chi connectivity index (χ2v) is 5.10. The minimum absolute atomic E-state index is 0.884. The van der Waals surface area contributed by atoms with Crippen molar-refractivity contribution in [3.63, 3.8) is 0 Å². The van der Waals surface area contributed by atoms with Crippen LogP contribution in [0.4, 0.5) is 11.5 Å². The highest BCUT2D eigenvalue weighted by Crippen LogP contribution is 2.21. The highest BCUT2D eigenvalue weighted by Gasteiger charge is 2.04. The van der Waals surface area contributed by atoms with E-state index in [0.717, 1.165) is 31.0 Å². The van der Waals surface area contributed by atoms with E-state index in [2.05, 4.69) is 65.4 Å². The number of nitrogens with zero attached hydrogens (tertiary/aromatic N) is 2. The first kappa shape index (κ1) is 14.5. The Labute approximate surface area is 121 Å². The van der Waals surface area contributed by atoms with Gasteiger partial charge in [0, 0.05) is 25.5 Å². The minimum atomic E-state index is 0.884. The van der Waals surface area contributed by atoms with Gasteiger partial charge >= 0.3 is 0 Å². The molecule has 3 nitrogen and oxygen atoms in total. The first-order valence-corrected chi connectivity index (χ1v) is 7.16. The SMILES string of the molecule is CCCNCc1ccc(N(C)c2ccc(C)cc2)nc1. The molecule has 0 spiro atoms. The highest BCUT2D eigenvalue weighted by molar-refractivity contribution is 5.59. The average molecular weight is 269 g/mol. The minimum Gasteiger partial charge on any atom is -0.329 e. The lowest BCUT2D eigenvalue weighted by Crippen LogP contribution is -2.15. The monoisotopic (exact) mass is 269 g/mol. The Kier molecular flexibility index (Phi) is 5.13. The van der Waals surface area contributed by atoms with Gasteiger partial charge in [0.2, 0.25) is 0 Å². The fourth-order valence-corrected chi connectivity index (χ4v) is 2.03. The number of nitrogens with one attached hydrogen (secondary N) is 1. The number of pyridine rings is 1. The predicted molar refractivity (Wildman–Crippen MR) is 85.5 cm³/mol. The third kappa shape index (κ3) is 3.81. The molecule has 0 saturated heterocycles. The molecule has 3 heteroatoms. The van der Waals surface area contributed by atoms with Crippen molar-refractivity contribution >= 4 is 11.5 Å². The maximum atomic E-state index is 4.54. The molecular formula is C17H23N3. The Morgan fingerprint density at radius 1 is 1.10 bits per heavy atom. The number of hydrogen-bond acceptors (Lipinski definition) is 3. The van der Waals surface area contributed by atoms with Gasteiger partial charge < -0.3 is 10.2 Å². The van der Waals surface area contributed by atoms with Gasteiger partial charge in [0.15, 0.2) is 0 Å². The van der Waals surface area contributed by atoms with E-state index in [0.29, 0.717) is 0 Å². The quantitative estimate of drug-likeness (QED) is 0.811. The van der Waals surface area contributed by atoms with Crippen LogP contribution in [0.1, 0.15) is 24.5 Å². The normalized spacial score (nSPS) is 10.6. The van der Waals surface area contributed by atoms with Crippen LogP contribution < -0.4 is 10.2 Å². The maximum Gasteiger partial charge on any atom is 0.132 e. The molecule has 0 atom stereocenters. The van der Waals surface area contributed by atoms with Gasteiger partial charge in [0.25, 0.3) is 0 Å². The largest absolute Gasteiger partial charge is 0.329 e. The molecule has 0 amide bonds. The van der Waals surface area contributed by atoms with Crippen molar-refractivity contribution in [3.05, 3.63) is 53.7 Å². The molecule has 0 aliphatic rings. The molecule has 2 rings (SSSR count). The Bertz CT molecular complexity index is 517. The van der Waals surface area contributed by atoms with Crippen LogP contribution in [0.15, 0.2) is 42.6 Å². The maximum absolute atomic E-state index is 4.54. The molecule has 0 unspecified atom stereocenters. The molecule has 2 aromatic rings. The molecular weight excluding hydrogens is 246 g/mol. The molecule has 0 aliphatic carbocycles. The van der Waals surface area contributed by atoms with E-state index in [1.165, 1.54) is 11.1 Å². The van der Waals surface area contributed by atoms with Crippen LogP contribution in [0.5, 0.6) is 0 Å². The molecule has 0 bridgehead atoms. The summed E-state index contributed by atoms with van der Waals surface area (Å²) in [7, 11) is 2.04. The van der Waals surface area contributed by atoms with E-state index in [9.17, 15) is 0 Å². The van der Waals surface area contributed by atoms with Gasteiger partial charge in [0.1, 0.15) is 5.82 Å². The van der Waals surface area contributed by atoms with Gasteiger partial charge in [-0.2, -0.15) is 0 Å². The van der Waals surface area contributed by atoms with E-state index < -0.39 is 0 Å². The van der Waals surface area contributed by atoms with Crippen molar-refractivity contribution in [2.75, 3.05) is 18.5 Å². The van der Waals surface area contributed by atoms with Gasteiger partial charge in [-0.1, -0.05) is 30.7 Å². The molecule has 1 N–H and O–H groups in total. The van der Waals surface area contributed by atoms with Gasteiger partial charge in [-0.15, -0.1) is 0 Å². The van der Waals surface area contributed by atoms with Crippen molar-refractivity contribution in [2.45, 2.75) is 26.8 Å². The molecule has 1 heterocycles. The predicted octanol–water partition coefficient (Wildman–Crippen LogP) is 3.66. The van der Waals surface area contributed by atoms with Crippen LogP contribution in [-0.2, 0) is 6.54 Å². The molecule has 20 heavy (non-hydrogen) atoms. The van der Waals surface area contributed by atoms with E-state index in [1.807, 2.05) is 13.2 Å². The fraction of sp³-hybridized carbons (Fsp3) is 0.353. The van der Waals surface area contributed by atoms with Gasteiger partial charge in [-0.05, 0) is 43.7 Å². The Hall–Kier alpha value is -1.87. The topological polar surface area (TPSA) is 28.2 Å². The smallest absolute Gasteiger partial charge is 0.132 e. The molecule has 0 radical (unpaired) electrons. The number of benzene rings is 1. The van der Waals surface area contributed by atoms with Crippen LogP contribution in [0.2, 0.25) is 0 Å². The molecule has 0 saturated carbocycles. The van der Waals surface area contributed by atoms with Gasteiger partial charge in [0.05, 0.1) is 0 Å². The third-order valence-electron chi connectivity index (χ3n) is 3.33. The summed E-state index contributed by atoms with van der Waals surface area (Å²) in [5.41, 5.74) is 3.65. The van der Waals surface area contributed by atoms with Crippen molar-refractivity contribution in [1.82, 2.24) is 10.3 Å². The molecule has 1 aromatic heterocycles. The Morgan fingerprint density at radius 2 is 1.85 bits per heavy atom. The van der Waals surface area contributed by atoms with E-state index in [4.69, 9.17) is 0 Å². The summed E-state index contributed by atoms with van der Waals surface area (Å²) in [4.78, 5) is 6.64. The summed E-state index contributed by atoms with van der Waals surface area (Å²) in [5, 5.41) is 3.38. The standard InChI is InChI=1S/C17H23N3/c1-4-11-18-12-15-7-10-17(19-13-15)20(3)16-8-5-14(2)6-9-16/h5-10,13,18H,4,11-12H2,1-3H3. The van der Waals surface area contributed by atoms with E-state index >= 15 is 0 Å². The number of rotatable bonds is 6.